The number of fused-ring (bicyclic) bond motifs is 1. The second-order valence-corrected chi connectivity index (χ2v) is 7.07. The molecule has 0 unspecified atom stereocenters. The van der Waals surface area contributed by atoms with Crippen molar-refractivity contribution in [3.63, 3.8) is 0 Å². The summed E-state index contributed by atoms with van der Waals surface area (Å²) in [6.07, 6.45) is -0.400. The number of sulfonamides is 1. The molecule has 4 nitrogen and oxygen atoms in total. The van der Waals surface area contributed by atoms with Gasteiger partial charge in [0.15, 0.2) is 0 Å². The smallest absolute Gasteiger partial charge is 0.244 e. The number of hydrogen-bond acceptors (Lipinski definition) is 3. The Balaban J connectivity index is 2.11. The topological polar surface area (TPSA) is 55.4 Å². The fraction of sp³-hybridized carbons (Fsp3) is 0.200. The third-order valence-electron chi connectivity index (χ3n) is 3.37. The number of nitrogens with one attached hydrogen (secondary N) is 1. The second-order valence-electron chi connectivity index (χ2n) is 4.95. The molecule has 110 valence electrons. The van der Waals surface area contributed by atoms with Crippen molar-refractivity contribution in [2.45, 2.75) is 24.0 Å². The first-order valence-electron chi connectivity index (χ1n) is 6.51. The molecule has 3 rings (SSSR count). The van der Waals surface area contributed by atoms with Crippen LogP contribution >= 0.6 is 11.6 Å². The van der Waals surface area contributed by atoms with Gasteiger partial charge >= 0.3 is 0 Å². The molecule has 0 bridgehead atoms. The molecule has 0 saturated heterocycles. The molecule has 21 heavy (non-hydrogen) atoms. The van der Waals surface area contributed by atoms with Crippen LogP contribution in [0.3, 0.4) is 0 Å². The van der Waals surface area contributed by atoms with Crippen molar-refractivity contribution in [2.24, 2.45) is 0 Å². The van der Waals surface area contributed by atoms with Gasteiger partial charge in [-0.05, 0) is 30.7 Å². The lowest BCUT2D eigenvalue weighted by molar-refractivity contribution is 0.174. The summed E-state index contributed by atoms with van der Waals surface area (Å²) in [5.74, 6) is 0.310. The highest BCUT2D eigenvalue weighted by molar-refractivity contribution is 7.89. The maximum absolute atomic E-state index is 12.4. The van der Waals surface area contributed by atoms with Gasteiger partial charge in [-0.3, -0.25) is 0 Å². The van der Waals surface area contributed by atoms with Crippen molar-refractivity contribution < 1.29 is 13.2 Å². The minimum absolute atomic E-state index is 0.0697. The fourth-order valence-corrected chi connectivity index (χ4v) is 4.04. The molecule has 0 radical (unpaired) electrons. The molecular formula is C15H14ClNO3S. The molecule has 0 fully saturated rings. The first-order valence-corrected chi connectivity index (χ1v) is 8.37. The van der Waals surface area contributed by atoms with Gasteiger partial charge < -0.3 is 4.74 Å². The predicted octanol–water partition coefficient (Wildman–Crippen LogP) is 3.14. The Morgan fingerprint density at radius 2 is 1.86 bits per heavy atom. The van der Waals surface area contributed by atoms with Gasteiger partial charge in [0.1, 0.15) is 16.7 Å². The van der Waals surface area contributed by atoms with Crippen molar-refractivity contribution in [1.29, 1.82) is 0 Å². The Labute approximate surface area is 128 Å². The lowest BCUT2D eigenvalue weighted by Gasteiger charge is -2.22. The molecule has 1 heterocycles. The molecule has 2 aromatic carbocycles. The molecule has 0 spiro atoms. The van der Waals surface area contributed by atoms with Crippen LogP contribution in [0.15, 0.2) is 53.4 Å². The van der Waals surface area contributed by atoms with Crippen LogP contribution in [-0.4, -0.2) is 14.5 Å². The van der Waals surface area contributed by atoms with E-state index in [2.05, 4.69) is 4.72 Å². The lowest BCUT2D eigenvalue weighted by atomic mass is 10.0. The molecule has 2 atom stereocenters. The van der Waals surface area contributed by atoms with E-state index in [1.807, 2.05) is 30.3 Å². The van der Waals surface area contributed by atoms with E-state index in [0.717, 1.165) is 5.56 Å². The molecule has 0 aliphatic carbocycles. The van der Waals surface area contributed by atoms with E-state index in [1.165, 1.54) is 6.07 Å². The first kappa shape index (κ1) is 14.4. The van der Waals surface area contributed by atoms with Crippen LogP contribution in [0.2, 0.25) is 5.02 Å². The Morgan fingerprint density at radius 3 is 2.57 bits per heavy atom. The molecule has 6 heteroatoms. The summed E-state index contributed by atoms with van der Waals surface area (Å²) in [6, 6.07) is 13.7. The van der Waals surface area contributed by atoms with E-state index in [-0.39, 0.29) is 4.90 Å². The first-order chi connectivity index (χ1) is 9.97. The zero-order valence-electron chi connectivity index (χ0n) is 11.3. The average molecular weight is 324 g/mol. The van der Waals surface area contributed by atoms with Crippen molar-refractivity contribution >= 4 is 21.6 Å². The van der Waals surface area contributed by atoms with Crippen LogP contribution in [0.5, 0.6) is 5.75 Å². The summed E-state index contributed by atoms with van der Waals surface area (Å²) in [5, 5.41) is 0.355. The summed E-state index contributed by atoms with van der Waals surface area (Å²) in [6.45, 7) is 1.78. The van der Waals surface area contributed by atoms with Crippen LogP contribution in [0.25, 0.3) is 0 Å². The van der Waals surface area contributed by atoms with Gasteiger partial charge in [0.05, 0.1) is 6.04 Å². The quantitative estimate of drug-likeness (QED) is 0.877. The zero-order chi connectivity index (χ0) is 15.0. The normalized spacial score (nSPS) is 23.7. The van der Waals surface area contributed by atoms with Crippen LogP contribution in [0, 0.1) is 0 Å². The Morgan fingerprint density at radius 1 is 1.14 bits per heavy atom. The minimum Gasteiger partial charge on any atom is -0.483 e. The van der Waals surface area contributed by atoms with Crippen molar-refractivity contribution in [1.82, 2.24) is 4.72 Å². The molecule has 1 aliphatic rings. The fourth-order valence-electron chi connectivity index (χ4n) is 2.40. The summed E-state index contributed by atoms with van der Waals surface area (Å²) < 4.78 is 33.3. The Bertz CT molecular complexity index is 762. The molecule has 0 saturated carbocycles. The minimum atomic E-state index is -3.65. The number of hydrogen-bond donors (Lipinski definition) is 1. The maximum atomic E-state index is 12.4. The van der Waals surface area contributed by atoms with Gasteiger partial charge in [0, 0.05) is 5.02 Å². The average Bonchev–Trinajstić information content (AvgIpc) is 2.55. The van der Waals surface area contributed by atoms with E-state index in [1.54, 1.807) is 19.1 Å². The highest BCUT2D eigenvalue weighted by atomic mass is 35.5. The molecule has 0 amide bonds. The number of rotatable bonds is 1. The Kier molecular flexibility index (Phi) is 3.65. The summed E-state index contributed by atoms with van der Waals surface area (Å²) >= 11 is 5.90. The van der Waals surface area contributed by atoms with E-state index in [4.69, 9.17) is 16.3 Å². The number of benzene rings is 2. The van der Waals surface area contributed by atoms with Crippen molar-refractivity contribution in [2.75, 3.05) is 0 Å². The zero-order valence-corrected chi connectivity index (χ0v) is 12.9. The lowest BCUT2D eigenvalue weighted by Crippen LogP contribution is -2.36. The summed E-state index contributed by atoms with van der Waals surface area (Å²) in [7, 11) is -3.65. The van der Waals surface area contributed by atoms with Gasteiger partial charge in [-0.2, -0.15) is 0 Å². The molecule has 1 N–H and O–H groups in total. The van der Waals surface area contributed by atoms with E-state index < -0.39 is 22.2 Å². The number of halogens is 1. The van der Waals surface area contributed by atoms with Crippen molar-refractivity contribution in [3.8, 4) is 5.75 Å². The van der Waals surface area contributed by atoms with E-state index in [9.17, 15) is 8.42 Å². The van der Waals surface area contributed by atoms with Gasteiger partial charge in [0.2, 0.25) is 10.0 Å². The molecular weight excluding hydrogens is 310 g/mol. The third-order valence-corrected chi connectivity index (χ3v) is 5.19. The van der Waals surface area contributed by atoms with Crippen LogP contribution in [0.1, 0.15) is 18.6 Å². The summed E-state index contributed by atoms with van der Waals surface area (Å²) in [5.41, 5.74) is 0.913. The highest BCUT2D eigenvalue weighted by Gasteiger charge is 2.33. The van der Waals surface area contributed by atoms with Crippen LogP contribution in [-0.2, 0) is 10.0 Å². The predicted molar refractivity (Wildman–Crippen MR) is 81.0 cm³/mol. The van der Waals surface area contributed by atoms with Crippen LogP contribution < -0.4 is 9.46 Å². The largest absolute Gasteiger partial charge is 0.483 e. The van der Waals surface area contributed by atoms with Gasteiger partial charge in [-0.25, -0.2) is 13.1 Å². The van der Waals surface area contributed by atoms with Crippen LogP contribution in [0.4, 0.5) is 0 Å². The monoisotopic (exact) mass is 323 g/mol. The Hall–Kier alpha value is -1.56. The second kappa shape index (κ2) is 5.33. The SMILES string of the molecule is C[C@H]1NS(=O)(=O)c2cc(Cl)ccc2O[C@@H]1c1ccccc1. The molecule has 2 aromatic rings. The van der Waals surface area contributed by atoms with Crippen molar-refractivity contribution in [3.05, 3.63) is 59.1 Å². The van der Waals surface area contributed by atoms with Gasteiger partial charge in [-0.1, -0.05) is 41.9 Å². The van der Waals surface area contributed by atoms with E-state index >= 15 is 0 Å². The van der Waals surface area contributed by atoms with Gasteiger partial charge in [0.25, 0.3) is 0 Å². The highest BCUT2D eigenvalue weighted by Crippen LogP contribution is 2.35. The van der Waals surface area contributed by atoms with E-state index in [0.29, 0.717) is 10.8 Å². The summed E-state index contributed by atoms with van der Waals surface area (Å²) in [4.78, 5) is 0.0697. The molecule has 1 aliphatic heterocycles. The maximum Gasteiger partial charge on any atom is 0.244 e. The standard InChI is InChI=1S/C15H14ClNO3S/c1-10-15(11-5-3-2-4-6-11)20-13-8-7-12(16)9-14(13)21(18,19)17-10/h2-10,15,17H,1H3/t10-,15+/m1/s1. The third kappa shape index (κ3) is 2.77. The van der Waals surface area contributed by atoms with Gasteiger partial charge in [-0.15, -0.1) is 0 Å². The molecule has 0 aromatic heterocycles. The number of ether oxygens (including phenoxy) is 1.